The highest BCUT2D eigenvalue weighted by molar-refractivity contribution is 5.39. The third-order valence-corrected chi connectivity index (χ3v) is 2.58. The number of nitrogens with one attached hydrogen (secondary N) is 1. The summed E-state index contributed by atoms with van der Waals surface area (Å²) in [6.45, 7) is 0.0188. The Morgan fingerprint density at radius 1 is 1.53 bits per heavy atom. The van der Waals surface area contributed by atoms with Crippen molar-refractivity contribution in [1.82, 2.24) is 9.55 Å². The maximum absolute atomic E-state index is 13.0. The quantitative estimate of drug-likeness (QED) is 0.672. The van der Waals surface area contributed by atoms with Gasteiger partial charge in [-0.15, -0.1) is 0 Å². The van der Waals surface area contributed by atoms with Crippen LogP contribution in [0.2, 0.25) is 0 Å². The van der Waals surface area contributed by atoms with Crippen LogP contribution in [0.3, 0.4) is 0 Å². The third-order valence-electron chi connectivity index (χ3n) is 2.58. The Kier molecular flexibility index (Phi) is 2.14. The lowest BCUT2D eigenvalue weighted by molar-refractivity contribution is -0.174. The average molecular weight is 253 g/mol. The third kappa shape index (κ3) is 1.53. The normalized spacial score (nSPS) is 23.4. The highest BCUT2D eigenvalue weighted by Crippen LogP contribution is 2.38. The summed E-state index contributed by atoms with van der Waals surface area (Å²) in [5, 5.41) is 10.9. The molecule has 0 amide bonds. The van der Waals surface area contributed by atoms with Gasteiger partial charge in [-0.2, -0.15) is 22.5 Å². The van der Waals surface area contributed by atoms with Crippen LogP contribution in [0.15, 0.2) is 4.79 Å². The van der Waals surface area contributed by atoms with Gasteiger partial charge >= 0.3 is 6.18 Å². The average Bonchev–Trinajstić information content (AvgIpc) is 2.52. The number of rotatable bonds is 0. The molecule has 0 saturated carbocycles. The fourth-order valence-electron chi connectivity index (χ4n) is 1.53. The number of alkyl halides is 3. The number of aromatic nitrogens is 2. The number of hydrogen-bond donors (Lipinski definition) is 2. The van der Waals surface area contributed by atoms with Crippen LogP contribution in [-0.2, 0) is 6.54 Å². The number of nitrogens with zero attached hydrogens (tertiary/aromatic N) is 2. The Morgan fingerprint density at radius 3 is 2.65 bits per heavy atom. The van der Waals surface area contributed by atoms with E-state index < -0.39 is 41.5 Å². The van der Waals surface area contributed by atoms with Gasteiger partial charge in [0.2, 0.25) is 11.8 Å². The largest absolute Gasteiger partial charge is 0.491 e. The highest BCUT2D eigenvalue weighted by atomic mass is 19.4. The van der Waals surface area contributed by atoms with E-state index in [2.05, 4.69) is 4.98 Å². The number of fused-ring (bicyclic) bond motifs is 1. The lowest BCUT2D eigenvalue weighted by atomic mass is 10.0. The van der Waals surface area contributed by atoms with Crippen molar-refractivity contribution in [1.29, 1.82) is 0 Å². The van der Waals surface area contributed by atoms with Crippen molar-refractivity contribution in [2.75, 3.05) is 5.32 Å². The highest BCUT2D eigenvalue weighted by Gasteiger charge is 2.55. The summed E-state index contributed by atoms with van der Waals surface area (Å²) >= 11 is 0. The van der Waals surface area contributed by atoms with E-state index in [1.807, 2.05) is 5.32 Å². The minimum absolute atomic E-state index is 0.503. The number of hydrogen-bond acceptors (Lipinski definition) is 4. The van der Waals surface area contributed by atoms with Crippen LogP contribution in [0.5, 0.6) is 5.88 Å². The van der Waals surface area contributed by atoms with Crippen LogP contribution >= 0.6 is 0 Å². The Morgan fingerprint density at radius 2 is 2.12 bits per heavy atom. The summed E-state index contributed by atoms with van der Waals surface area (Å²) in [6, 6.07) is 0. The molecule has 1 aliphatic rings. The molecule has 0 aliphatic carbocycles. The molecule has 1 aliphatic heterocycles. The molecule has 2 heterocycles. The predicted octanol–water partition coefficient (Wildman–Crippen LogP) is 0.834. The number of anilines is 1. The monoisotopic (exact) mass is 253 g/mol. The second-order valence-electron chi connectivity index (χ2n) is 3.92. The summed E-state index contributed by atoms with van der Waals surface area (Å²) in [4.78, 5) is 14.4. The fraction of sp³-hybridized carbons (Fsp3) is 0.500. The first-order chi connectivity index (χ1) is 7.66. The predicted molar refractivity (Wildman–Crippen MR) is 48.2 cm³/mol. The van der Waals surface area contributed by atoms with Crippen molar-refractivity contribution in [3.63, 3.8) is 0 Å². The van der Waals surface area contributed by atoms with Gasteiger partial charge in [-0.05, 0) is 6.92 Å². The summed E-state index contributed by atoms with van der Waals surface area (Å²) in [5.41, 5.74) is -3.75. The first-order valence-corrected chi connectivity index (χ1v) is 4.50. The van der Waals surface area contributed by atoms with E-state index in [0.717, 1.165) is 6.92 Å². The van der Waals surface area contributed by atoms with E-state index in [-0.39, 0.29) is 0 Å². The smallest absolute Gasteiger partial charge is 0.412 e. The maximum atomic E-state index is 13.0. The Bertz CT molecular complexity index is 539. The summed E-state index contributed by atoms with van der Waals surface area (Å²) in [6.07, 6.45) is -4.64. The topological polar surface area (TPSA) is 67.1 Å². The molecular formula is C8H7F4N3O2. The zero-order chi connectivity index (χ0) is 13.0. The van der Waals surface area contributed by atoms with Gasteiger partial charge in [-0.25, -0.2) is 0 Å². The van der Waals surface area contributed by atoms with Gasteiger partial charge < -0.3 is 10.4 Å². The van der Waals surface area contributed by atoms with E-state index in [1.165, 1.54) is 0 Å². The van der Waals surface area contributed by atoms with Crippen molar-refractivity contribution >= 4 is 5.95 Å². The maximum Gasteiger partial charge on any atom is 0.412 e. The van der Waals surface area contributed by atoms with E-state index in [4.69, 9.17) is 5.11 Å². The van der Waals surface area contributed by atoms with Gasteiger partial charge in [-0.1, -0.05) is 0 Å². The molecule has 17 heavy (non-hydrogen) atoms. The molecule has 9 heteroatoms. The second-order valence-corrected chi connectivity index (χ2v) is 3.92. The van der Waals surface area contributed by atoms with Gasteiger partial charge in [-0.3, -0.25) is 9.36 Å². The molecule has 1 aromatic rings. The summed E-state index contributed by atoms with van der Waals surface area (Å²) in [5.74, 6) is -3.30. The van der Waals surface area contributed by atoms with Crippen molar-refractivity contribution in [3.8, 4) is 5.88 Å². The van der Waals surface area contributed by atoms with Gasteiger partial charge in [0, 0.05) is 0 Å². The molecule has 5 nitrogen and oxygen atoms in total. The number of halogens is 4. The molecule has 1 aromatic heterocycles. The minimum atomic E-state index is -4.64. The SMILES string of the molecule is CC1(C(F)(F)F)Cn2c(nc(O)c(F)c2=O)N1. The van der Waals surface area contributed by atoms with Crippen molar-refractivity contribution in [2.45, 2.75) is 25.2 Å². The Hall–Kier alpha value is -1.80. The summed E-state index contributed by atoms with van der Waals surface area (Å²) in [7, 11) is 0. The molecule has 0 radical (unpaired) electrons. The van der Waals surface area contributed by atoms with Crippen LogP contribution in [0.4, 0.5) is 23.5 Å². The van der Waals surface area contributed by atoms with Crippen LogP contribution in [0.25, 0.3) is 0 Å². The van der Waals surface area contributed by atoms with Gasteiger partial charge in [0.15, 0.2) is 5.54 Å². The van der Waals surface area contributed by atoms with Gasteiger partial charge in [0.1, 0.15) is 0 Å². The molecule has 94 valence electrons. The molecule has 0 aromatic carbocycles. The standard InChI is InChI=1S/C8H7F4N3O2/c1-7(8(10,11)12)2-15-5(17)3(9)4(16)13-6(15)14-7/h16H,2H2,1H3,(H,13,14). The molecule has 0 saturated heterocycles. The first kappa shape index (κ1) is 11.7. The van der Waals surface area contributed by atoms with E-state index in [0.29, 0.717) is 4.57 Å². The van der Waals surface area contributed by atoms with Crippen molar-refractivity contribution in [2.24, 2.45) is 0 Å². The molecule has 0 spiro atoms. The molecule has 1 unspecified atom stereocenters. The molecule has 1 atom stereocenters. The lowest BCUT2D eigenvalue weighted by Gasteiger charge is -2.26. The zero-order valence-corrected chi connectivity index (χ0v) is 8.47. The molecule has 2 rings (SSSR count). The Balaban J connectivity index is 2.55. The molecule has 0 bridgehead atoms. The first-order valence-electron chi connectivity index (χ1n) is 4.50. The molecular weight excluding hydrogens is 246 g/mol. The van der Waals surface area contributed by atoms with E-state index in [9.17, 15) is 22.4 Å². The van der Waals surface area contributed by atoms with Crippen LogP contribution in [0.1, 0.15) is 6.92 Å². The number of aromatic hydroxyl groups is 1. The van der Waals surface area contributed by atoms with E-state index in [1.54, 1.807) is 0 Å². The fourth-order valence-corrected chi connectivity index (χ4v) is 1.53. The van der Waals surface area contributed by atoms with Crippen LogP contribution < -0.4 is 10.9 Å². The second kappa shape index (κ2) is 3.11. The van der Waals surface area contributed by atoms with Gasteiger partial charge in [0.05, 0.1) is 6.54 Å². The zero-order valence-electron chi connectivity index (χ0n) is 8.47. The Labute approximate surface area is 91.7 Å². The van der Waals surface area contributed by atoms with Gasteiger partial charge in [0.25, 0.3) is 11.4 Å². The van der Waals surface area contributed by atoms with Crippen LogP contribution in [0, 0.1) is 5.82 Å². The summed E-state index contributed by atoms with van der Waals surface area (Å²) < 4.78 is 51.5. The van der Waals surface area contributed by atoms with Crippen molar-refractivity contribution < 1.29 is 22.7 Å². The van der Waals surface area contributed by atoms with Crippen molar-refractivity contribution in [3.05, 3.63) is 16.2 Å². The van der Waals surface area contributed by atoms with Crippen LogP contribution in [-0.4, -0.2) is 26.4 Å². The van der Waals surface area contributed by atoms with E-state index >= 15 is 0 Å². The lowest BCUT2D eigenvalue weighted by Crippen LogP contribution is -2.48. The molecule has 0 fully saturated rings. The molecule has 2 N–H and O–H groups in total. The minimum Gasteiger partial charge on any atom is -0.491 e.